The SMILES string of the molecule is COC(=O)c1coc(CNC(=O)c2cc(F)c(NC3CCCCC3)cc2NC2CCCC2)n1. The van der Waals surface area contributed by atoms with Crippen molar-refractivity contribution in [3.63, 3.8) is 0 Å². The molecular weight excluding hydrogens is 427 g/mol. The minimum absolute atomic E-state index is 0.0227. The molecule has 4 rings (SSSR count). The summed E-state index contributed by atoms with van der Waals surface area (Å²) in [6.07, 6.45) is 11.1. The molecule has 2 fully saturated rings. The van der Waals surface area contributed by atoms with Crippen LogP contribution in [0.4, 0.5) is 15.8 Å². The second kappa shape index (κ2) is 10.7. The molecule has 2 aromatic rings. The van der Waals surface area contributed by atoms with Gasteiger partial charge in [0.05, 0.1) is 24.9 Å². The van der Waals surface area contributed by atoms with E-state index in [-0.39, 0.29) is 35.8 Å². The number of nitrogens with one attached hydrogen (secondary N) is 3. The lowest BCUT2D eigenvalue weighted by Crippen LogP contribution is -2.27. The van der Waals surface area contributed by atoms with Crippen molar-refractivity contribution in [3.05, 3.63) is 41.4 Å². The van der Waals surface area contributed by atoms with Gasteiger partial charge in [0.1, 0.15) is 12.1 Å². The van der Waals surface area contributed by atoms with Crippen LogP contribution < -0.4 is 16.0 Å². The molecule has 0 atom stereocenters. The van der Waals surface area contributed by atoms with E-state index in [2.05, 4.69) is 25.7 Å². The third kappa shape index (κ3) is 5.83. The molecule has 1 heterocycles. The first kappa shape index (κ1) is 23.1. The summed E-state index contributed by atoms with van der Waals surface area (Å²) < 4.78 is 24.8. The lowest BCUT2D eigenvalue weighted by Gasteiger charge is -2.25. The molecule has 8 nitrogen and oxygen atoms in total. The Labute approximate surface area is 192 Å². The number of methoxy groups -OCH3 is 1. The van der Waals surface area contributed by atoms with E-state index in [1.165, 1.54) is 25.9 Å². The van der Waals surface area contributed by atoms with Crippen molar-refractivity contribution in [2.24, 2.45) is 0 Å². The summed E-state index contributed by atoms with van der Waals surface area (Å²) in [5.41, 5.74) is 1.29. The molecule has 1 aromatic heterocycles. The zero-order chi connectivity index (χ0) is 23.2. The molecule has 0 saturated heterocycles. The minimum Gasteiger partial charge on any atom is -0.464 e. The van der Waals surface area contributed by atoms with E-state index in [1.54, 1.807) is 6.07 Å². The molecule has 33 heavy (non-hydrogen) atoms. The van der Waals surface area contributed by atoms with Crippen molar-refractivity contribution >= 4 is 23.3 Å². The standard InChI is InChI=1S/C24H31FN4O4/c1-32-24(31)21-14-33-22(29-21)13-26-23(30)17-11-18(25)20(28-16-7-3-2-4-8-16)12-19(17)27-15-9-5-6-10-15/h11-12,14-16,27-28H,2-10,13H2,1H3,(H,26,30). The highest BCUT2D eigenvalue weighted by Gasteiger charge is 2.23. The van der Waals surface area contributed by atoms with Crippen LogP contribution in [-0.4, -0.2) is 36.1 Å². The normalized spacial score (nSPS) is 17.0. The maximum Gasteiger partial charge on any atom is 0.360 e. The van der Waals surface area contributed by atoms with Crippen molar-refractivity contribution in [3.8, 4) is 0 Å². The fourth-order valence-corrected chi connectivity index (χ4v) is 4.59. The van der Waals surface area contributed by atoms with Crippen molar-refractivity contribution in [1.29, 1.82) is 0 Å². The number of carbonyl (C=O) groups excluding carboxylic acids is 2. The van der Waals surface area contributed by atoms with Gasteiger partial charge in [0.2, 0.25) is 5.89 Å². The average molecular weight is 459 g/mol. The van der Waals surface area contributed by atoms with Crippen molar-refractivity contribution in [2.45, 2.75) is 76.4 Å². The smallest absolute Gasteiger partial charge is 0.360 e. The van der Waals surface area contributed by atoms with Crippen molar-refractivity contribution < 1.29 is 23.1 Å². The molecule has 9 heteroatoms. The fraction of sp³-hybridized carbons (Fsp3) is 0.542. The summed E-state index contributed by atoms with van der Waals surface area (Å²) in [6, 6.07) is 3.52. The molecule has 2 saturated carbocycles. The number of rotatable bonds is 8. The molecule has 2 aliphatic rings. The number of aromatic nitrogens is 1. The highest BCUT2D eigenvalue weighted by atomic mass is 19.1. The van der Waals surface area contributed by atoms with Gasteiger partial charge in [-0.15, -0.1) is 0 Å². The van der Waals surface area contributed by atoms with E-state index >= 15 is 4.39 Å². The van der Waals surface area contributed by atoms with Crippen LogP contribution in [0.3, 0.4) is 0 Å². The number of amides is 1. The van der Waals surface area contributed by atoms with Gasteiger partial charge in [-0.05, 0) is 37.8 Å². The Balaban J connectivity index is 1.50. The van der Waals surface area contributed by atoms with Gasteiger partial charge in [-0.2, -0.15) is 0 Å². The summed E-state index contributed by atoms with van der Waals surface area (Å²) in [5.74, 6) is -1.36. The Kier molecular flexibility index (Phi) is 7.47. The Bertz CT molecular complexity index is 981. The van der Waals surface area contributed by atoms with E-state index < -0.39 is 17.7 Å². The summed E-state index contributed by atoms with van der Waals surface area (Å²) in [6.45, 7) is -0.0393. The van der Waals surface area contributed by atoms with Crippen LogP contribution in [-0.2, 0) is 11.3 Å². The van der Waals surface area contributed by atoms with Crippen LogP contribution in [0.5, 0.6) is 0 Å². The summed E-state index contributed by atoms with van der Waals surface area (Å²) in [4.78, 5) is 28.5. The lowest BCUT2D eigenvalue weighted by atomic mass is 9.95. The maximum atomic E-state index is 15.0. The fourth-order valence-electron chi connectivity index (χ4n) is 4.59. The van der Waals surface area contributed by atoms with Gasteiger partial charge in [0.15, 0.2) is 5.69 Å². The van der Waals surface area contributed by atoms with Crippen LogP contribution in [0.2, 0.25) is 0 Å². The zero-order valence-corrected chi connectivity index (χ0v) is 18.9. The molecule has 0 spiro atoms. The molecule has 2 aliphatic carbocycles. The third-order valence-electron chi connectivity index (χ3n) is 6.38. The number of halogens is 1. The molecule has 178 valence electrons. The largest absolute Gasteiger partial charge is 0.464 e. The number of benzene rings is 1. The van der Waals surface area contributed by atoms with Crippen LogP contribution in [0.15, 0.2) is 22.8 Å². The minimum atomic E-state index is -0.623. The number of hydrogen-bond donors (Lipinski definition) is 3. The van der Waals surface area contributed by atoms with Crippen LogP contribution in [0.1, 0.15) is 84.5 Å². The molecule has 0 radical (unpaired) electrons. The first-order chi connectivity index (χ1) is 16.0. The number of carbonyl (C=O) groups is 2. The average Bonchev–Trinajstić information content (AvgIpc) is 3.52. The summed E-state index contributed by atoms with van der Waals surface area (Å²) >= 11 is 0. The van der Waals surface area contributed by atoms with Crippen molar-refractivity contribution in [1.82, 2.24) is 10.3 Å². The molecule has 0 aliphatic heterocycles. The number of ether oxygens (including phenoxy) is 1. The predicted octanol–water partition coefficient (Wildman–Crippen LogP) is 4.63. The second-order valence-electron chi connectivity index (χ2n) is 8.78. The van der Waals surface area contributed by atoms with Gasteiger partial charge in [-0.1, -0.05) is 32.1 Å². The van der Waals surface area contributed by atoms with Crippen LogP contribution in [0.25, 0.3) is 0 Å². The van der Waals surface area contributed by atoms with Gasteiger partial charge in [0.25, 0.3) is 5.91 Å². The highest BCUT2D eigenvalue weighted by molar-refractivity contribution is 6.00. The lowest BCUT2D eigenvalue weighted by molar-refractivity contribution is 0.0594. The zero-order valence-electron chi connectivity index (χ0n) is 18.9. The summed E-state index contributed by atoms with van der Waals surface area (Å²) in [5, 5.41) is 9.50. The molecule has 1 aromatic carbocycles. The highest BCUT2D eigenvalue weighted by Crippen LogP contribution is 2.31. The first-order valence-corrected chi connectivity index (χ1v) is 11.7. The van der Waals surface area contributed by atoms with E-state index in [0.717, 1.165) is 51.4 Å². The molecule has 3 N–H and O–H groups in total. The van der Waals surface area contributed by atoms with Gasteiger partial charge in [-0.25, -0.2) is 14.2 Å². The Morgan fingerprint density at radius 1 is 1.03 bits per heavy atom. The van der Waals surface area contributed by atoms with Crippen LogP contribution in [0, 0.1) is 5.82 Å². The molecule has 1 amide bonds. The first-order valence-electron chi connectivity index (χ1n) is 11.7. The number of oxazole rings is 1. The number of anilines is 2. The number of hydrogen-bond acceptors (Lipinski definition) is 7. The topological polar surface area (TPSA) is 105 Å². The Morgan fingerprint density at radius 2 is 1.67 bits per heavy atom. The van der Waals surface area contributed by atoms with E-state index in [4.69, 9.17) is 4.42 Å². The second-order valence-corrected chi connectivity index (χ2v) is 8.78. The van der Waals surface area contributed by atoms with Gasteiger partial charge >= 0.3 is 5.97 Å². The number of esters is 1. The molecule has 0 bridgehead atoms. The van der Waals surface area contributed by atoms with Crippen LogP contribution >= 0.6 is 0 Å². The van der Waals surface area contributed by atoms with E-state index in [0.29, 0.717) is 11.4 Å². The summed E-state index contributed by atoms with van der Waals surface area (Å²) in [7, 11) is 1.25. The van der Waals surface area contributed by atoms with Gasteiger partial charge < -0.3 is 25.1 Å². The Hall–Kier alpha value is -3.10. The monoisotopic (exact) mass is 458 g/mol. The molecular formula is C24H31FN4O4. The Morgan fingerprint density at radius 3 is 2.33 bits per heavy atom. The number of nitrogens with zero attached hydrogens (tertiary/aromatic N) is 1. The van der Waals surface area contributed by atoms with E-state index in [9.17, 15) is 9.59 Å². The van der Waals surface area contributed by atoms with Gasteiger partial charge in [-0.3, -0.25) is 4.79 Å². The quantitative estimate of drug-likeness (QED) is 0.495. The molecule has 0 unspecified atom stereocenters. The van der Waals surface area contributed by atoms with Gasteiger partial charge in [0, 0.05) is 17.8 Å². The van der Waals surface area contributed by atoms with Crippen molar-refractivity contribution in [2.75, 3.05) is 17.7 Å². The third-order valence-corrected chi connectivity index (χ3v) is 6.38. The predicted molar refractivity (Wildman–Crippen MR) is 122 cm³/mol. The maximum absolute atomic E-state index is 15.0. The van der Waals surface area contributed by atoms with E-state index in [1.807, 2.05) is 0 Å².